The fourth-order valence-electron chi connectivity index (χ4n) is 4.80. The maximum absolute atomic E-state index is 12.7. The summed E-state index contributed by atoms with van der Waals surface area (Å²) in [5.74, 6) is -1.40. The molecule has 1 fully saturated rings. The fraction of sp³-hybridized carbons (Fsp3) is 0.579. The summed E-state index contributed by atoms with van der Waals surface area (Å²) in [5, 5.41) is 32.0. The van der Waals surface area contributed by atoms with Crippen molar-refractivity contribution >= 4 is 11.8 Å². The lowest BCUT2D eigenvalue weighted by Crippen LogP contribution is -2.64. The van der Waals surface area contributed by atoms with E-state index in [0.29, 0.717) is 18.4 Å². The monoisotopic (exact) mass is 332 g/mol. The zero-order chi connectivity index (χ0) is 17.9. The van der Waals surface area contributed by atoms with E-state index < -0.39 is 28.5 Å². The molecule has 5 atom stereocenters. The van der Waals surface area contributed by atoms with E-state index in [2.05, 4.69) is 6.58 Å². The minimum atomic E-state index is -1.55. The highest BCUT2D eigenvalue weighted by Gasteiger charge is 2.65. The second-order valence-electron chi connectivity index (χ2n) is 7.70. The topological polar surface area (TPSA) is 94.8 Å². The van der Waals surface area contributed by atoms with E-state index in [0.717, 1.165) is 0 Å². The van der Waals surface area contributed by atoms with Gasteiger partial charge < -0.3 is 15.3 Å². The Hall–Kier alpha value is -1.72. The van der Waals surface area contributed by atoms with Crippen molar-refractivity contribution in [2.75, 3.05) is 0 Å². The zero-order valence-corrected chi connectivity index (χ0v) is 14.1. The maximum Gasteiger partial charge on any atom is 0.313 e. The highest BCUT2D eigenvalue weighted by Crippen LogP contribution is 2.62. The molecule has 0 aromatic carbocycles. The van der Waals surface area contributed by atoms with E-state index in [1.54, 1.807) is 26.0 Å². The maximum atomic E-state index is 12.7. The summed E-state index contributed by atoms with van der Waals surface area (Å²) >= 11 is 0. The third-order valence-corrected chi connectivity index (χ3v) is 6.58. The number of carbonyl (C=O) groups excluding carboxylic acids is 1. The van der Waals surface area contributed by atoms with Crippen LogP contribution in [0, 0.1) is 16.7 Å². The van der Waals surface area contributed by atoms with Gasteiger partial charge in [-0.25, -0.2) is 0 Å². The summed E-state index contributed by atoms with van der Waals surface area (Å²) in [5.41, 5.74) is -3.41. The second kappa shape index (κ2) is 5.14. The molecule has 130 valence electrons. The van der Waals surface area contributed by atoms with Crippen LogP contribution in [0.5, 0.6) is 0 Å². The lowest BCUT2D eigenvalue weighted by atomic mass is 9.47. The van der Waals surface area contributed by atoms with Gasteiger partial charge in [0.2, 0.25) is 0 Å². The van der Waals surface area contributed by atoms with Gasteiger partial charge in [-0.3, -0.25) is 9.59 Å². The minimum absolute atomic E-state index is 0.00522. The number of ketones is 1. The summed E-state index contributed by atoms with van der Waals surface area (Å²) in [6, 6.07) is 0. The van der Waals surface area contributed by atoms with Crippen LogP contribution in [0.2, 0.25) is 0 Å². The van der Waals surface area contributed by atoms with Crippen LogP contribution in [-0.4, -0.2) is 38.8 Å². The highest BCUT2D eigenvalue weighted by atomic mass is 16.4. The molecule has 0 aromatic rings. The molecular formula is C19H24O5. The van der Waals surface area contributed by atoms with Crippen molar-refractivity contribution in [3.63, 3.8) is 0 Å². The molecule has 0 heterocycles. The quantitative estimate of drug-likeness (QED) is 0.672. The van der Waals surface area contributed by atoms with E-state index in [1.807, 2.05) is 0 Å². The molecule has 0 amide bonds. The Morgan fingerprint density at radius 2 is 2.00 bits per heavy atom. The summed E-state index contributed by atoms with van der Waals surface area (Å²) < 4.78 is 0. The highest BCUT2D eigenvalue weighted by molar-refractivity contribution is 6.08. The number of hydrogen-bond donors (Lipinski definition) is 3. The average molecular weight is 332 g/mol. The van der Waals surface area contributed by atoms with Gasteiger partial charge in [0.1, 0.15) is 5.60 Å². The lowest BCUT2D eigenvalue weighted by molar-refractivity contribution is -0.161. The number of hydrogen-bond acceptors (Lipinski definition) is 4. The largest absolute Gasteiger partial charge is 0.481 e. The molecule has 3 N–H and O–H groups in total. The molecule has 24 heavy (non-hydrogen) atoms. The van der Waals surface area contributed by atoms with Crippen LogP contribution in [-0.2, 0) is 9.59 Å². The standard InChI is InChI=1S/C19H24O5/c1-4-11-5-8-19(24)12(9-11)13(20)10-14-17(2,16(22)23)7-6-15(21)18(14,19)3/h4,9-11,15,21,24H,1,5-8H2,2-3H3,(H,22,23). The number of allylic oxidation sites excluding steroid dienone is 3. The van der Waals surface area contributed by atoms with Crippen molar-refractivity contribution < 1.29 is 24.9 Å². The Morgan fingerprint density at radius 1 is 1.33 bits per heavy atom. The van der Waals surface area contributed by atoms with Crippen LogP contribution in [0.25, 0.3) is 0 Å². The SMILES string of the molecule is C=CC1C=C2C(=O)C=C3C(C)(C(=O)O)CCC(O)C3(C)C2(O)CC1. The molecule has 3 aliphatic rings. The van der Waals surface area contributed by atoms with Gasteiger partial charge in [0.25, 0.3) is 0 Å². The number of carbonyl (C=O) groups is 2. The normalized spacial score (nSPS) is 44.8. The van der Waals surface area contributed by atoms with Gasteiger partial charge in [-0.2, -0.15) is 0 Å². The van der Waals surface area contributed by atoms with Gasteiger partial charge >= 0.3 is 5.97 Å². The Labute approximate surface area is 141 Å². The van der Waals surface area contributed by atoms with E-state index in [4.69, 9.17) is 0 Å². The van der Waals surface area contributed by atoms with Crippen LogP contribution in [0.15, 0.2) is 36.0 Å². The first-order chi connectivity index (χ1) is 11.1. The van der Waals surface area contributed by atoms with Crippen LogP contribution >= 0.6 is 0 Å². The molecule has 3 rings (SSSR count). The van der Waals surface area contributed by atoms with Crippen LogP contribution in [0.4, 0.5) is 0 Å². The number of aliphatic carboxylic acids is 1. The Bertz CT molecular complexity index is 690. The minimum Gasteiger partial charge on any atom is -0.481 e. The van der Waals surface area contributed by atoms with Gasteiger partial charge in [0, 0.05) is 11.0 Å². The third-order valence-electron chi connectivity index (χ3n) is 6.58. The van der Waals surface area contributed by atoms with Crippen molar-refractivity contribution in [1.82, 2.24) is 0 Å². The van der Waals surface area contributed by atoms with Crippen molar-refractivity contribution in [3.05, 3.63) is 36.0 Å². The molecule has 0 saturated heterocycles. The second-order valence-corrected chi connectivity index (χ2v) is 7.70. The first-order valence-electron chi connectivity index (χ1n) is 8.37. The summed E-state index contributed by atoms with van der Waals surface area (Å²) in [6.07, 6.45) is 5.29. The van der Waals surface area contributed by atoms with Crippen molar-refractivity contribution in [3.8, 4) is 0 Å². The number of rotatable bonds is 2. The molecule has 5 heteroatoms. The number of fused-ring (bicyclic) bond motifs is 3. The van der Waals surface area contributed by atoms with Crippen molar-refractivity contribution in [2.24, 2.45) is 16.7 Å². The van der Waals surface area contributed by atoms with Crippen molar-refractivity contribution in [2.45, 2.75) is 51.2 Å². The summed E-state index contributed by atoms with van der Waals surface area (Å²) in [7, 11) is 0. The van der Waals surface area contributed by atoms with E-state index in [9.17, 15) is 24.9 Å². The van der Waals surface area contributed by atoms with Gasteiger partial charge in [0.15, 0.2) is 5.78 Å². The molecule has 3 aliphatic carbocycles. The predicted molar refractivity (Wildman–Crippen MR) is 88.1 cm³/mol. The molecule has 0 bridgehead atoms. The van der Waals surface area contributed by atoms with Crippen molar-refractivity contribution in [1.29, 1.82) is 0 Å². The van der Waals surface area contributed by atoms with Gasteiger partial charge in [-0.15, -0.1) is 6.58 Å². The van der Waals surface area contributed by atoms with Crippen LogP contribution < -0.4 is 0 Å². The number of carboxylic acids is 1. The summed E-state index contributed by atoms with van der Waals surface area (Å²) in [4.78, 5) is 24.6. The molecule has 1 saturated carbocycles. The fourth-order valence-corrected chi connectivity index (χ4v) is 4.80. The molecule has 0 radical (unpaired) electrons. The molecular weight excluding hydrogens is 308 g/mol. The first-order valence-corrected chi connectivity index (χ1v) is 8.37. The smallest absolute Gasteiger partial charge is 0.313 e. The Balaban J connectivity index is 2.27. The Morgan fingerprint density at radius 3 is 2.58 bits per heavy atom. The number of carboxylic acid groups (broad SMARTS) is 1. The molecule has 0 aliphatic heterocycles. The molecule has 5 unspecified atom stereocenters. The predicted octanol–water partition coefficient (Wildman–Crippen LogP) is 2.00. The lowest BCUT2D eigenvalue weighted by Gasteiger charge is -2.59. The van der Waals surface area contributed by atoms with E-state index in [-0.39, 0.29) is 30.1 Å². The van der Waals surface area contributed by atoms with Crippen LogP contribution in [0.3, 0.4) is 0 Å². The van der Waals surface area contributed by atoms with E-state index in [1.165, 1.54) is 6.08 Å². The number of aliphatic hydroxyl groups excluding tert-OH is 1. The molecule has 0 spiro atoms. The van der Waals surface area contributed by atoms with E-state index >= 15 is 0 Å². The van der Waals surface area contributed by atoms with Gasteiger partial charge in [0.05, 0.1) is 11.5 Å². The molecule has 5 nitrogen and oxygen atoms in total. The average Bonchev–Trinajstić information content (AvgIpc) is 2.54. The Kier molecular flexibility index (Phi) is 3.66. The summed E-state index contributed by atoms with van der Waals surface area (Å²) in [6.45, 7) is 7.02. The third kappa shape index (κ3) is 1.88. The van der Waals surface area contributed by atoms with Gasteiger partial charge in [-0.05, 0) is 50.2 Å². The first kappa shape index (κ1) is 17.1. The zero-order valence-electron chi connectivity index (χ0n) is 14.1. The van der Waals surface area contributed by atoms with Crippen LogP contribution in [0.1, 0.15) is 39.5 Å². The molecule has 0 aromatic heterocycles. The van der Waals surface area contributed by atoms with Gasteiger partial charge in [-0.1, -0.05) is 19.1 Å². The number of aliphatic hydroxyl groups is 2.